The maximum absolute atomic E-state index is 12.5. The Morgan fingerprint density at radius 1 is 1.04 bits per heavy atom. The van der Waals surface area contributed by atoms with Gasteiger partial charge in [-0.15, -0.1) is 11.3 Å². The van der Waals surface area contributed by atoms with Gasteiger partial charge in [0.15, 0.2) is 4.80 Å². The fourth-order valence-electron chi connectivity index (χ4n) is 2.59. The molecule has 4 rings (SSSR count). The van der Waals surface area contributed by atoms with E-state index in [0.717, 1.165) is 16.9 Å². The largest absolute Gasteiger partial charge is 0.299 e. The Labute approximate surface area is 164 Å². The van der Waals surface area contributed by atoms with Gasteiger partial charge in [0.1, 0.15) is 5.69 Å². The lowest BCUT2D eigenvalue weighted by molar-refractivity contribution is 0.0993. The van der Waals surface area contributed by atoms with Gasteiger partial charge in [0, 0.05) is 28.5 Å². The SMILES string of the molecule is O=C(N=c1scc(-c2ccccc2)n1-c1ccc(Cl)cc1)c1cnccn1. The lowest BCUT2D eigenvalue weighted by Gasteiger charge is -2.09. The van der Waals surface area contributed by atoms with Gasteiger partial charge in [-0.05, 0) is 29.8 Å². The monoisotopic (exact) mass is 392 g/mol. The zero-order valence-corrected chi connectivity index (χ0v) is 15.6. The summed E-state index contributed by atoms with van der Waals surface area (Å²) in [5, 5.41) is 2.62. The first-order chi connectivity index (χ1) is 13.2. The average molecular weight is 393 g/mol. The summed E-state index contributed by atoms with van der Waals surface area (Å²) in [5.41, 5.74) is 3.03. The molecular weight excluding hydrogens is 380 g/mol. The Morgan fingerprint density at radius 2 is 1.81 bits per heavy atom. The molecule has 0 atom stereocenters. The van der Waals surface area contributed by atoms with Crippen molar-refractivity contribution in [2.45, 2.75) is 0 Å². The zero-order valence-electron chi connectivity index (χ0n) is 14.0. The van der Waals surface area contributed by atoms with Crippen molar-refractivity contribution in [2.24, 2.45) is 4.99 Å². The smallest absolute Gasteiger partial charge is 0.285 e. The van der Waals surface area contributed by atoms with E-state index in [2.05, 4.69) is 15.0 Å². The number of hydrogen-bond donors (Lipinski definition) is 0. The maximum atomic E-state index is 12.5. The number of amides is 1. The van der Waals surface area contributed by atoms with Crippen molar-refractivity contribution >= 4 is 28.8 Å². The fraction of sp³-hybridized carbons (Fsp3) is 0. The van der Waals surface area contributed by atoms with Gasteiger partial charge in [-0.3, -0.25) is 14.3 Å². The third kappa shape index (κ3) is 3.72. The van der Waals surface area contributed by atoms with E-state index in [4.69, 9.17) is 11.6 Å². The van der Waals surface area contributed by atoms with E-state index in [1.54, 1.807) is 0 Å². The Morgan fingerprint density at radius 3 is 2.52 bits per heavy atom. The molecule has 0 aliphatic carbocycles. The van der Waals surface area contributed by atoms with Crippen LogP contribution in [0.3, 0.4) is 0 Å². The summed E-state index contributed by atoms with van der Waals surface area (Å²) >= 11 is 7.42. The highest BCUT2D eigenvalue weighted by molar-refractivity contribution is 7.07. The summed E-state index contributed by atoms with van der Waals surface area (Å²) in [7, 11) is 0. The van der Waals surface area contributed by atoms with E-state index in [0.29, 0.717) is 9.82 Å². The molecule has 0 unspecified atom stereocenters. The Balaban J connectivity index is 1.90. The summed E-state index contributed by atoms with van der Waals surface area (Å²) in [6, 6.07) is 17.4. The highest BCUT2D eigenvalue weighted by Gasteiger charge is 2.12. The van der Waals surface area contributed by atoms with Crippen LogP contribution in [0.1, 0.15) is 10.5 Å². The van der Waals surface area contributed by atoms with Gasteiger partial charge in [0.2, 0.25) is 0 Å². The standard InChI is InChI=1S/C20H13ClN4OS/c21-15-6-8-16(9-7-15)25-18(14-4-2-1-3-5-14)13-27-20(25)24-19(26)17-12-22-10-11-23-17/h1-13H. The Hall–Kier alpha value is -3.09. The molecule has 2 heterocycles. The molecule has 0 saturated carbocycles. The molecule has 4 aromatic rings. The van der Waals surface area contributed by atoms with Crippen LogP contribution in [-0.2, 0) is 0 Å². The molecule has 7 heteroatoms. The van der Waals surface area contributed by atoms with E-state index in [1.807, 2.05) is 64.5 Å². The predicted octanol–water partition coefficient (Wildman–Crippen LogP) is 4.39. The molecule has 0 saturated heterocycles. The highest BCUT2D eigenvalue weighted by atomic mass is 35.5. The number of thiazole rings is 1. The van der Waals surface area contributed by atoms with Gasteiger partial charge in [0.05, 0.1) is 11.9 Å². The van der Waals surface area contributed by atoms with Gasteiger partial charge < -0.3 is 0 Å². The Kier molecular flexibility index (Phi) is 4.91. The van der Waals surface area contributed by atoms with Crippen molar-refractivity contribution in [1.29, 1.82) is 0 Å². The van der Waals surface area contributed by atoms with Crippen molar-refractivity contribution in [1.82, 2.24) is 14.5 Å². The van der Waals surface area contributed by atoms with E-state index in [9.17, 15) is 4.79 Å². The quantitative estimate of drug-likeness (QED) is 0.519. The molecule has 0 N–H and O–H groups in total. The van der Waals surface area contributed by atoms with Crippen LogP contribution in [0.5, 0.6) is 0 Å². The minimum absolute atomic E-state index is 0.204. The van der Waals surface area contributed by atoms with Crippen molar-refractivity contribution in [3.63, 3.8) is 0 Å². The van der Waals surface area contributed by atoms with Gasteiger partial charge in [-0.25, -0.2) is 4.98 Å². The number of halogens is 1. The number of nitrogens with zero attached hydrogens (tertiary/aromatic N) is 4. The average Bonchev–Trinajstić information content (AvgIpc) is 3.13. The lowest BCUT2D eigenvalue weighted by atomic mass is 10.1. The molecule has 2 aromatic carbocycles. The molecule has 5 nitrogen and oxygen atoms in total. The van der Waals surface area contributed by atoms with Crippen LogP contribution in [0.4, 0.5) is 0 Å². The van der Waals surface area contributed by atoms with E-state index in [-0.39, 0.29) is 5.69 Å². The van der Waals surface area contributed by atoms with Crippen LogP contribution < -0.4 is 4.80 Å². The first-order valence-corrected chi connectivity index (χ1v) is 9.35. The predicted molar refractivity (Wildman–Crippen MR) is 106 cm³/mol. The molecule has 1 amide bonds. The Bertz CT molecular complexity index is 1140. The molecule has 0 radical (unpaired) electrons. The second kappa shape index (κ2) is 7.65. The highest BCUT2D eigenvalue weighted by Crippen LogP contribution is 2.24. The van der Waals surface area contributed by atoms with E-state index < -0.39 is 5.91 Å². The van der Waals surface area contributed by atoms with Crippen molar-refractivity contribution in [3.05, 3.63) is 94.1 Å². The second-order valence-corrected chi connectivity index (χ2v) is 6.86. The van der Waals surface area contributed by atoms with Crippen LogP contribution >= 0.6 is 22.9 Å². The van der Waals surface area contributed by atoms with Gasteiger partial charge in [-0.1, -0.05) is 41.9 Å². The summed E-state index contributed by atoms with van der Waals surface area (Å²) in [5.74, 6) is -0.438. The zero-order chi connectivity index (χ0) is 18.6. The molecule has 0 aliphatic heterocycles. The maximum Gasteiger partial charge on any atom is 0.299 e. The molecule has 0 spiro atoms. The summed E-state index contributed by atoms with van der Waals surface area (Å²) in [4.78, 5) is 25.3. The van der Waals surface area contributed by atoms with Crippen LogP contribution in [0.2, 0.25) is 5.02 Å². The van der Waals surface area contributed by atoms with Crippen LogP contribution in [0, 0.1) is 0 Å². The van der Waals surface area contributed by atoms with E-state index in [1.165, 1.54) is 29.9 Å². The molecule has 0 aliphatic rings. The molecule has 132 valence electrons. The number of carbonyl (C=O) groups excluding carboxylic acids is 1. The summed E-state index contributed by atoms with van der Waals surface area (Å²) in [6.07, 6.45) is 4.40. The van der Waals surface area contributed by atoms with Gasteiger partial charge >= 0.3 is 0 Å². The van der Waals surface area contributed by atoms with Crippen LogP contribution in [0.25, 0.3) is 16.9 Å². The lowest BCUT2D eigenvalue weighted by Crippen LogP contribution is -2.16. The third-order valence-electron chi connectivity index (χ3n) is 3.84. The number of hydrogen-bond acceptors (Lipinski definition) is 4. The number of rotatable bonds is 3. The molecule has 2 aromatic heterocycles. The van der Waals surface area contributed by atoms with Crippen LogP contribution in [-0.4, -0.2) is 20.4 Å². The van der Waals surface area contributed by atoms with Crippen LogP contribution in [0.15, 0.2) is 83.6 Å². The molecule has 27 heavy (non-hydrogen) atoms. The first-order valence-electron chi connectivity index (χ1n) is 8.09. The normalized spacial score (nSPS) is 11.5. The minimum atomic E-state index is -0.438. The third-order valence-corrected chi connectivity index (χ3v) is 4.92. The van der Waals surface area contributed by atoms with Gasteiger partial charge in [0.25, 0.3) is 5.91 Å². The van der Waals surface area contributed by atoms with Gasteiger partial charge in [-0.2, -0.15) is 4.99 Å². The number of aromatic nitrogens is 3. The summed E-state index contributed by atoms with van der Waals surface area (Å²) in [6.45, 7) is 0. The molecule has 0 bridgehead atoms. The minimum Gasteiger partial charge on any atom is -0.285 e. The topological polar surface area (TPSA) is 60.1 Å². The molecule has 0 fully saturated rings. The van der Waals surface area contributed by atoms with Crippen molar-refractivity contribution in [3.8, 4) is 16.9 Å². The van der Waals surface area contributed by atoms with Crippen molar-refractivity contribution < 1.29 is 4.79 Å². The summed E-state index contributed by atoms with van der Waals surface area (Å²) < 4.78 is 1.94. The van der Waals surface area contributed by atoms with Crippen molar-refractivity contribution in [2.75, 3.05) is 0 Å². The molecular formula is C20H13ClN4OS. The fourth-order valence-corrected chi connectivity index (χ4v) is 3.62. The number of carbonyl (C=O) groups is 1. The van der Waals surface area contributed by atoms with E-state index >= 15 is 0 Å². The second-order valence-electron chi connectivity index (χ2n) is 5.59. The number of benzene rings is 2. The first kappa shape index (κ1) is 17.3.